The first-order chi connectivity index (χ1) is 14.6. The molecule has 2 heterocycles. The molecule has 3 N–H and O–H groups in total. The Labute approximate surface area is 178 Å². The lowest BCUT2D eigenvalue weighted by Crippen LogP contribution is -2.38. The molecule has 0 radical (unpaired) electrons. The predicted molar refractivity (Wildman–Crippen MR) is 109 cm³/mol. The van der Waals surface area contributed by atoms with Crippen molar-refractivity contribution in [3.8, 4) is 0 Å². The van der Waals surface area contributed by atoms with Crippen molar-refractivity contribution in [2.75, 3.05) is 18.4 Å². The van der Waals surface area contributed by atoms with Crippen LogP contribution in [0.4, 0.5) is 18.9 Å². The lowest BCUT2D eigenvalue weighted by atomic mass is 9.96. The predicted octanol–water partition coefficient (Wildman–Crippen LogP) is 3.43. The van der Waals surface area contributed by atoms with Crippen molar-refractivity contribution < 1.29 is 22.8 Å². The average molecular weight is 437 g/mol. The van der Waals surface area contributed by atoms with Gasteiger partial charge in [-0.15, -0.1) is 0 Å². The summed E-state index contributed by atoms with van der Waals surface area (Å²) in [5.41, 5.74) is 5.09. The zero-order valence-corrected chi connectivity index (χ0v) is 17.4. The van der Waals surface area contributed by atoms with Crippen molar-refractivity contribution in [3.63, 3.8) is 0 Å². The van der Waals surface area contributed by atoms with Gasteiger partial charge in [0.2, 0.25) is 5.91 Å². The number of hydrogen-bond donors (Lipinski definition) is 2. The number of nitrogens with two attached hydrogens (primary N) is 1. The highest BCUT2D eigenvalue weighted by atomic mass is 19.4. The third-order valence-electron chi connectivity index (χ3n) is 5.38. The Hall–Kier alpha value is -2.88. The van der Waals surface area contributed by atoms with Crippen molar-refractivity contribution in [2.45, 2.75) is 45.5 Å². The molecule has 1 aliphatic rings. The van der Waals surface area contributed by atoms with Gasteiger partial charge in [-0.2, -0.15) is 18.3 Å². The van der Waals surface area contributed by atoms with Gasteiger partial charge in [0.25, 0.3) is 5.91 Å². The summed E-state index contributed by atoms with van der Waals surface area (Å²) in [5, 5.41) is 6.31. The SMILES string of the molecule is CC(C)n1ncc(C(=O)Nc2cccc(CN3CCC(C(N)=O)CC3)c2)c1C(F)(F)F. The number of piperidine rings is 1. The maximum Gasteiger partial charge on any atom is 0.433 e. The second kappa shape index (κ2) is 9.09. The average Bonchev–Trinajstić information content (AvgIpc) is 3.15. The highest BCUT2D eigenvalue weighted by Gasteiger charge is 2.40. The zero-order valence-electron chi connectivity index (χ0n) is 17.4. The molecule has 0 unspecified atom stereocenters. The van der Waals surface area contributed by atoms with E-state index in [1.54, 1.807) is 32.0 Å². The molecule has 1 aromatic carbocycles. The fourth-order valence-electron chi connectivity index (χ4n) is 3.78. The summed E-state index contributed by atoms with van der Waals surface area (Å²) in [6, 6.07) is 6.44. The van der Waals surface area contributed by atoms with Crippen LogP contribution in [0.3, 0.4) is 0 Å². The van der Waals surface area contributed by atoms with Crippen LogP contribution in [0.1, 0.15) is 54.3 Å². The van der Waals surface area contributed by atoms with Gasteiger partial charge in [-0.25, -0.2) is 0 Å². The molecule has 1 aromatic heterocycles. The molecular formula is C21H26F3N5O2. The summed E-state index contributed by atoms with van der Waals surface area (Å²) < 4.78 is 41.4. The molecule has 168 valence electrons. The molecule has 0 saturated carbocycles. The van der Waals surface area contributed by atoms with E-state index < -0.39 is 29.4 Å². The lowest BCUT2D eigenvalue weighted by molar-refractivity contribution is -0.145. The van der Waals surface area contributed by atoms with Crippen LogP contribution in [-0.4, -0.2) is 39.6 Å². The number of carbonyl (C=O) groups excluding carboxylic acids is 2. The fraction of sp³-hybridized carbons (Fsp3) is 0.476. The van der Waals surface area contributed by atoms with Crippen LogP contribution in [0.15, 0.2) is 30.5 Å². The summed E-state index contributed by atoms with van der Waals surface area (Å²) in [7, 11) is 0. The standard InChI is InChI=1S/C21H26F3N5O2/c1-13(2)29-18(21(22,23)24)17(11-26-29)20(31)27-16-5-3-4-14(10-16)12-28-8-6-15(7-9-28)19(25)30/h3-5,10-11,13,15H,6-9,12H2,1-2H3,(H2,25,30)(H,27,31). The van der Waals surface area contributed by atoms with Crippen molar-refractivity contribution in [1.29, 1.82) is 0 Å². The molecule has 0 aliphatic carbocycles. The van der Waals surface area contributed by atoms with E-state index in [0.717, 1.165) is 29.5 Å². The minimum atomic E-state index is -4.70. The first kappa shape index (κ1) is 22.8. The van der Waals surface area contributed by atoms with Crippen LogP contribution in [0.25, 0.3) is 0 Å². The van der Waals surface area contributed by atoms with Gasteiger partial charge < -0.3 is 11.1 Å². The summed E-state index contributed by atoms with van der Waals surface area (Å²) >= 11 is 0. The van der Waals surface area contributed by atoms with E-state index in [1.165, 1.54) is 0 Å². The van der Waals surface area contributed by atoms with Crippen molar-refractivity contribution in [3.05, 3.63) is 47.3 Å². The van der Waals surface area contributed by atoms with E-state index >= 15 is 0 Å². The van der Waals surface area contributed by atoms with Gasteiger partial charge >= 0.3 is 6.18 Å². The third-order valence-corrected chi connectivity index (χ3v) is 5.38. The monoisotopic (exact) mass is 437 g/mol. The Balaban J connectivity index is 1.71. The molecule has 1 saturated heterocycles. The van der Waals surface area contributed by atoms with Crippen LogP contribution >= 0.6 is 0 Å². The molecule has 1 fully saturated rings. The number of nitrogens with zero attached hydrogens (tertiary/aromatic N) is 3. The Bertz CT molecular complexity index is 947. The van der Waals surface area contributed by atoms with E-state index in [-0.39, 0.29) is 11.8 Å². The minimum absolute atomic E-state index is 0.101. The molecule has 2 amide bonds. The van der Waals surface area contributed by atoms with Gasteiger partial charge in [0.15, 0.2) is 5.69 Å². The van der Waals surface area contributed by atoms with E-state index in [4.69, 9.17) is 5.73 Å². The van der Waals surface area contributed by atoms with Gasteiger partial charge in [-0.1, -0.05) is 12.1 Å². The maximum atomic E-state index is 13.5. The minimum Gasteiger partial charge on any atom is -0.369 e. The lowest BCUT2D eigenvalue weighted by Gasteiger charge is -2.30. The van der Waals surface area contributed by atoms with Gasteiger partial charge in [0.1, 0.15) is 0 Å². The number of alkyl halides is 3. The molecule has 3 rings (SSSR count). The van der Waals surface area contributed by atoms with Crippen molar-refractivity contribution in [2.24, 2.45) is 11.7 Å². The normalized spacial score (nSPS) is 15.9. The number of aromatic nitrogens is 2. The number of likely N-dealkylation sites (tertiary alicyclic amines) is 1. The Morgan fingerprint density at radius 2 is 1.94 bits per heavy atom. The second-order valence-electron chi connectivity index (χ2n) is 8.05. The van der Waals surface area contributed by atoms with E-state index in [2.05, 4.69) is 15.3 Å². The van der Waals surface area contributed by atoms with Crippen LogP contribution in [0.2, 0.25) is 0 Å². The van der Waals surface area contributed by atoms with E-state index in [1.807, 2.05) is 6.07 Å². The number of rotatable bonds is 6. The molecule has 2 aromatic rings. The number of nitrogens with one attached hydrogen (secondary N) is 1. The Morgan fingerprint density at radius 3 is 2.52 bits per heavy atom. The van der Waals surface area contributed by atoms with Gasteiger partial charge in [0, 0.05) is 24.2 Å². The number of primary amides is 1. The number of amides is 2. The molecule has 31 heavy (non-hydrogen) atoms. The number of carbonyl (C=O) groups is 2. The second-order valence-corrected chi connectivity index (χ2v) is 8.05. The summed E-state index contributed by atoms with van der Waals surface area (Å²) in [6.45, 7) is 5.20. The first-order valence-corrected chi connectivity index (χ1v) is 10.1. The fourth-order valence-corrected chi connectivity index (χ4v) is 3.78. The van der Waals surface area contributed by atoms with Crippen LogP contribution < -0.4 is 11.1 Å². The summed E-state index contributed by atoms with van der Waals surface area (Å²) in [5.74, 6) is -1.24. The van der Waals surface area contributed by atoms with E-state index in [0.29, 0.717) is 25.1 Å². The number of hydrogen-bond acceptors (Lipinski definition) is 4. The molecule has 1 aliphatic heterocycles. The molecular weight excluding hydrogens is 411 g/mol. The summed E-state index contributed by atoms with van der Waals surface area (Å²) in [4.78, 5) is 26.1. The number of halogens is 3. The zero-order chi connectivity index (χ0) is 22.8. The first-order valence-electron chi connectivity index (χ1n) is 10.1. The quantitative estimate of drug-likeness (QED) is 0.724. The summed E-state index contributed by atoms with van der Waals surface area (Å²) in [6.07, 6.45) is -2.35. The largest absolute Gasteiger partial charge is 0.433 e. The topological polar surface area (TPSA) is 93.2 Å². The van der Waals surface area contributed by atoms with Gasteiger partial charge in [0.05, 0.1) is 11.8 Å². The smallest absolute Gasteiger partial charge is 0.369 e. The Kier molecular flexibility index (Phi) is 6.68. The highest BCUT2D eigenvalue weighted by Crippen LogP contribution is 2.34. The number of benzene rings is 1. The molecule has 0 bridgehead atoms. The van der Waals surface area contributed by atoms with Crippen molar-refractivity contribution in [1.82, 2.24) is 14.7 Å². The molecule has 0 spiro atoms. The van der Waals surface area contributed by atoms with E-state index in [9.17, 15) is 22.8 Å². The molecule has 10 heteroatoms. The Morgan fingerprint density at radius 1 is 1.26 bits per heavy atom. The van der Waals surface area contributed by atoms with Crippen molar-refractivity contribution >= 4 is 17.5 Å². The maximum absolute atomic E-state index is 13.5. The van der Waals surface area contributed by atoms with Crippen LogP contribution in [0.5, 0.6) is 0 Å². The highest BCUT2D eigenvalue weighted by molar-refractivity contribution is 6.05. The van der Waals surface area contributed by atoms with Crippen LogP contribution in [0, 0.1) is 5.92 Å². The van der Waals surface area contributed by atoms with Gasteiger partial charge in [-0.05, 0) is 57.5 Å². The van der Waals surface area contributed by atoms with Gasteiger partial charge in [-0.3, -0.25) is 19.2 Å². The molecule has 7 nitrogen and oxygen atoms in total. The number of anilines is 1. The van der Waals surface area contributed by atoms with Crippen LogP contribution in [-0.2, 0) is 17.5 Å². The molecule has 0 atom stereocenters. The third kappa shape index (κ3) is 5.43.